The number of carbonyl (C=O) groups is 1. The van der Waals surface area contributed by atoms with E-state index in [0.29, 0.717) is 25.9 Å². The van der Waals surface area contributed by atoms with Crippen molar-refractivity contribution in [2.75, 3.05) is 46.3 Å². The van der Waals surface area contributed by atoms with Crippen LogP contribution in [0, 0.1) is 0 Å². The fourth-order valence-electron chi connectivity index (χ4n) is 9.57. The van der Waals surface area contributed by atoms with Gasteiger partial charge in [-0.3, -0.25) is 14.0 Å². The number of aliphatic hydroxyl groups excluding tert-OH is 3. The van der Waals surface area contributed by atoms with Crippen molar-refractivity contribution in [1.82, 2.24) is 44.5 Å². The lowest BCUT2D eigenvalue weighted by molar-refractivity contribution is 0.0258. The number of benzene rings is 3. The molecule has 9 rings (SSSR count). The van der Waals surface area contributed by atoms with Gasteiger partial charge in [0.1, 0.15) is 5.60 Å². The second-order valence-electron chi connectivity index (χ2n) is 20.7. The van der Waals surface area contributed by atoms with Gasteiger partial charge in [0, 0.05) is 65.9 Å². The Morgan fingerprint density at radius 1 is 0.542 bits per heavy atom. The predicted molar refractivity (Wildman–Crippen MR) is 286 cm³/mol. The van der Waals surface area contributed by atoms with Crippen molar-refractivity contribution in [2.45, 2.75) is 122 Å². The normalized spacial score (nSPS) is 16.1. The van der Waals surface area contributed by atoms with Crippen molar-refractivity contribution in [3.05, 3.63) is 159 Å². The van der Waals surface area contributed by atoms with Crippen LogP contribution in [0.3, 0.4) is 0 Å². The summed E-state index contributed by atoms with van der Waals surface area (Å²) in [4.78, 5) is 16.5. The summed E-state index contributed by atoms with van der Waals surface area (Å²) in [5.74, 6) is 0. The molecular formula is C57H80ClN9O5. The number of hydrogen-bond acceptors (Lipinski definition) is 10. The molecule has 6 aromatic rings. The Morgan fingerprint density at radius 3 is 1.28 bits per heavy atom. The van der Waals surface area contributed by atoms with Crippen LogP contribution in [0.5, 0.6) is 0 Å². The minimum absolute atomic E-state index is 0. The lowest BCUT2D eigenvalue weighted by atomic mass is 9.96. The number of fused-ring (bicyclic) bond motifs is 3. The zero-order valence-corrected chi connectivity index (χ0v) is 44.6. The van der Waals surface area contributed by atoms with E-state index in [0.717, 1.165) is 124 Å². The molecule has 1 amide bonds. The molecule has 0 saturated carbocycles. The standard InChI is InChI=1S/C22H31N3O3.C18H25N3O.C17H23N3O.ClH/c1-22(2,3)28-21(27)25-13-9-16-5-6-18(15-17(16)10-14-25)20(26)8-7-19-11-12-24(4)23-19;1-20-10-7-14-3-4-16(13-15(14)8-11-20)18(22)6-5-17-9-12-21(2)19-17;1-20-11-8-16(19-20)4-5-17(21)15-3-2-13-6-9-18-10-7-14(13)12-15;/h5-6,11-12,15,20,26H,7-10,13-14H2,1-4H3;3-4,9,12-13,18,22H,5-8,10-11H2,1-2H3;2-3,8,11-12,17-18,21H,4-7,9-10H2,1H3;1H. The van der Waals surface area contributed by atoms with Gasteiger partial charge in [-0.15, -0.1) is 12.4 Å². The first kappa shape index (κ1) is 56.0. The Hall–Kier alpha value is -5.35. The highest BCUT2D eigenvalue weighted by atomic mass is 35.5. The highest BCUT2D eigenvalue weighted by Crippen LogP contribution is 2.27. The van der Waals surface area contributed by atoms with E-state index < -0.39 is 23.9 Å². The lowest BCUT2D eigenvalue weighted by Crippen LogP contribution is -2.38. The topological polar surface area (TPSA) is 159 Å². The summed E-state index contributed by atoms with van der Waals surface area (Å²) in [5.41, 5.74) is 13.7. The van der Waals surface area contributed by atoms with Crippen LogP contribution in [0.1, 0.15) is 125 Å². The molecular weight excluding hydrogens is 926 g/mol. The SMILES string of the molecule is CN1CCc2ccc(C(O)CCc3ccn(C)n3)cc2CC1.Cl.Cn1ccc(CCC(O)c2ccc3c(c2)CCN(C(=O)OC(C)(C)C)CC3)n1.Cn1ccc(CCC(O)c2ccc3c(c2)CCNCC3)n1. The van der Waals surface area contributed by atoms with E-state index in [-0.39, 0.29) is 18.5 Å². The first-order chi connectivity index (χ1) is 34.0. The smallest absolute Gasteiger partial charge is 0.410 e. The van der Waals surface area contributed by atoms with E-state index in [1.54, 1.807) is 18.9 Å². The van der Waals surface area contributed by atoms with Gasteiger partial charge >= 0.3 is 6.09 Å². The molecule has 0 saturated heterocycles. The third-order valence-corrected chi connectivity index (χ3v) is 13.8. The Labute approximate surface area is 433 Å². The Balaban J connectivity index is 0.000000177. The van der Waals surface area contributed by atoms with Crippen LogP contribution in [0.4, 0.5) is 4.79 Å². The fourth-order valence-corrected chi connectivity index (χ4v) is 9.57. The first-order valence-corrected chi connectivity index (χ1v) is 25.8. The number of aryl methyl sites for hydroxylation is 6. The molecule has 0 aliphatic carbocycles. The van der Waals surface area contributed by atoms with Crippen molar-refractivity contribution in [1.29, 1.82) is 0 Å². The first-order valence-electron chi connectivity index (χ1n) is 25.8. The van der Waals surface area contributed by atoms with Crippen LogP contribution in [-0.2, 0) is 83.7 Å². The molecule has 0 fully saturated rings. The van der Waals surface area contributed by atoms with E-state index in [4.69, 9.17) is 4.74 Å². The molecule has 3 unspecified atom stereocenters. The van der Waals surface area contributed by atoms with Crippen LogP contribution < -0.4 is 5.32 Å². The van der Waals surface area contributed by atoms with Crippen LogP contribution in [0.2, 0.25) is 0 Å². The van der Waals surface area contributed by atoms with Crippen LogP contribution >= 0.6 is 12.4 Å². The summed E-state index contributed by atoms with van der Waals surface area (Å²) < 4.78 is 10.9. The molecule has 3 aliphatic heterocycles. The minimum Gasteiger partial charge on any atom is -0.444 e. The maximum atomic E-state index is 12.4. The molecule has 0 spiro atoms. The highest BCUT2D eigenvalue weighted by molar-refractivity contribution is 5.85. The van der Waals surface area contributed by atoms with Gasteiger partial charge in [-0.05, 0) is 186 Å². The minimum atomic E-state index is -0.516. The van der Waals surface area contributed by atoms with Gasteiger partial charge in [0.25, 0.3) is 0 Å². The second-order valence-corrected chi connectivity index (χ2v) is 20.7. The Morgan fingerprint density at radius 2 is 0.889 bits per heavy atom. The van der Waals surface area contributed by atoms with Gasteiger partial charge in [0.15, 0.2) is 0 Å². The Kier molecular flexibility index (Phi) is 20.6. The van der Waals surface area contributed by atoms with Crippen molar-refractivity contribution >= 4 is 18.5 Å². The maximum Gasteiger partial charge on any atom is 0.410 e. The van der Waals surface area contributed by atoms with Crippen LogP contribution in [-0.4, -0.2) is 112 Å². The van der Waals surface area contributed by atoms with Gasteiger partial charge in [-0.1, -0.05) is 54.6 Å². The summed E-state index contributed by atoms with van der Waals surface area (Å²) in [6.07, 6.45) is 14.5. The average Bonchev–Trinajstić information content (AvgIpc) is 3.94. The van der Waals surface area contributed by atoms with Gasteiger partial charge in [-0.2, -0.15) is 15.3 Å². The van der Waals surface area contributed by atoms with E-state index in [1.807, 2.05) is 84.8 Å². The summed E-state index contributed by atoms with van der Waals surface area (Å²) in [7, 11) is 7.91. The number of aliphatic hydroxyl groups is 3. The number of hydrogen-bond donors (Lipinski definition) is 4. The summed E-state index contributed by atoms with van der Waals surface area (Å²) in [6.45, 7) is 11.2. The van der Waals surface area contributed by atoms with Gasteiger partial charge in [-0.25, -0.2) is 4.79 Å². The molecule has 3 aromatic carbocycles. The molecule has 15 heteroatoms. The highest BCUT2D eigenvalue weighted by Gasteiger charge is 2.25. The lowest BCUT2D eigenvalue weighted by Gasteiger charge is -2.26. The van der Waals surface area contributed by atoms with E-state index in [9.17, 15) is 20.1 Å². The van der Waals surface area contributed by atoms with Crippen LogP contribution in [0.15, 0.2) is 91.4 Å². The monoisotopic (exact) mass is 1010 g/mol. The largest absolute Gasteiger partial charge is 0.444 e. The Bertz CT molecular complexity index is 2630. The predicted octanol–water partition coefficient (Wildman–Crippen LogP) is 7.74. The number of aromatic nitrogens is 6. The summed E-state index contributed by atoms with van der Waals surface area (Å²) in [5, 5.41) is 48.0. The molecule has 6 heterocycles. The van der Waals surface area contributed by atoms with Gasteiger partial charge in [0.2, 0.25) is 0 Å². The number of halogens is 1. The number of amides is 1. The molecule has 0 radical (unpaired) electrons. The van der Waals surface area contributed by atoms with Crippen molar-refractivity contribution in [3.63, 3.8) is 0 Å². The number of ether oxygens (including phenoxy) is 1. The number of nitrogens with zero attached hydrogens (tertiary/aromatic N) is 8. The molecule has 3 atom stereocenters. The number of likely N-dealkylation sites (N-methyl/N-ethyl adjacent to an activating group) is 1. The number of nitrogens with one attached hydrogen (secondary N) is 1. The number of carbonyl (C=O) groups excluding carboxylic acids is 1. The van der Waals surface area contributed by atoms with Gasteiger partial charge in [0.05, 0.1) is 35.4 Å². The maximum absolute atomic E-state index is 12.4. The molecule has 0 bridgehead atoms. The third kappa shape index (κ3) is 16.9. The fraction of sp³-hybridized carbons (Fsp3) is 0.509. The van der Waals surface area contributed by atoms with Crippen molar-refractivity contribution in [3.8, 4) is 0 Å². The molecule has 4 N–H and O–H groups in total. The van der Waals surface area contributed by atoms with E-state index in [2.05, 4.69) is 81.1 Å². The molecule has 390 valence electrons. The summed E-state index contributed by atoms with van der Waals surface area (Å²) >= 11 is 0. The van der Waals surface area contributed by atoms with Crippen LogP contribution in [0.25, 0.3) is 0 Å². The molecule has 3 aromatic heterocycles. The van der Waals surface area contributed by atoms with Crippen molar-refractivity contribution < 1.29 is 24.9 Å². The molecule has 72 heavy (non-hydrogen) atoms. The average molecular weight is 1010 g/mol. The van der Waals surface area contributed by atoms with E-state index >= 15 is 0 Å². The number of rotatable bonds is 12. The quantitative estimate of drug-likeness (QED) is 0.0957. The summed E-state index contributed by atoms with van der Waals surface area (Å²) in [6, 6.07) is 25.1. The second kappa shape index (κ2) is 26.6. The van der Waals surface area contributed by atoms with Crippen molar-refractivity contribution in [2.24, 2.45) is 21.1 Å². The zero-order valence-electron chi connectivity index (χ0n) is 43.8. The molecule has 3 aliphatic rings. The van der Waals surface area contributed by atoms with Gasteiger partial charge < -0.3 is 35.2 Å². The third-order valence-electron chi connectivity index (χ3n) is 13.8. The van der Waals surface area contributed by atoms with E-state index in [1.165, 1.54) is 33.4 Å². The molecule has 14 nitrogen and oxygen atoms in total. The zero-order chi connectivity index (χ0) is 50.5.